The molecule has 0 radical (unpaired) electrons. The van der Waals surface area contributed by atoms with Gasteiger partial charge in [-0.1, -0.05) is 12.8 Å². The molecule has 1 saturated carbocycles. The summed E-state index contributed by atoms with van der Waals surface area (Å²) in [5.41, 5.74) is 0.579. The number of nitrogens with zero attached hydrogens (tertiary/aromatic N) is 1. The molecule has 1 aliphatic heterocycles. The lowest BCUT2D eigenvalue weighted by atomic mass is 9.77. The maximum absolute atomic E-state index is 12.1. The van der Waals surface area contributed by atoms with Crippen molar-refractivity contribution >= 4 is 0 Å². The second-order valence-electron chi connectivity index (χ2n) is 6.34. The van der Waals surface area contributed by atoms with Crippen LogP contribution < -0.4 is 5.32 Å². The summed E-state index contributed by atoms with van der Waals surface area (Å²) in [6.07, 6.45) is 3.82. The molecule has 0 aromatic rings. The third-order valence-electron chi connectivity index (χ3n) is 4.91. The molecule has 2 rings (SSSR count). The van der Waals surface area contributed by atoms with Crippen LogP contribution in [0.15, 0.2) is 0 Å². The summed E-state index contributed by atoms with van der Waals surface area (Å²) in [5.74, 6) is 0. The molecule has 0 bridgehead atoms. The van der Waals surface area contributed by atoms with Crippen LogP contribution in [0, 0.1) is 5.41 Å². The molecule has 2 nitrogen and oxygen atoms in total. The highest BCUT2D eigenvalue weighted by atomic mass is 19.4. The summed E-state index contributed by atoms with van der Waals surface area (Å²) >= 11 is 0. The molecule has 112 valence electrons. The molecule has 2 fully saturated rings. The van der Waals surface area contributed by atoms with E-state index >= 15 is 0 Å². The summed E-state index contributed by atoms with van der Waals surface area (Å²) in [4.78, 5) is 2.34. The van der Waals surface area contributed by atoms with Crippen molar-refractivity contribution in [3.05, 3.63) is 0 Å². The van der Waals surface area contributed by atoms with Gasteiger partial charge in [-0.05, 0) is 51.1 Å². The molecule has 1 atom stereocenters. The average molecular weight is 278 g/mol. The molecule has 1 aliphatic carbocycles. The van der Waals surface area contributed by atoms with Crippen molar-refractivity contribution < 1.29 is 13.2 Å². The Labute approximate surface area is 113 Å². The second-order valence-corrected chi connectivity index (χ2v) is 6.34. The number of piperidine rings is 1. The summed E-state index contributed by atoms with van der Waals surface area (Å²) in [7, 11) is 0. The fourth-order valence-electron chi connectivity index (χ4n) is 3.62. The topological polar surface area (TPSA) is 15.3 Å². The minimum absolute atomic E-state index is 0.195. The minimum atomic E-state index is -4.10. The van der Waals surface area contributed by atoms with Crippen molar-refractivity contribution in [1.29, 1.82) is 0 Å². The Bertz CT molecular complexity index is 275. The molecule has 2 aliphatic rings. The molecule has 0 aromatic carbocycles. The van der Waals surface area contributed by atoms with Crippen molar-refractivity contribution in [2.75, 3.05) is 26.2 Å². The first-order valence-electron chi connectivity index (χ1n) is 7.42. The number of nitrogens with one attached hydrogen (secondary N) is 1. The zero-order chi connectivity index (χ0) is 13.9. The number of likely N-dealkylation sites (tertiary alicyclic amines) is 1. The Morgan fingerprint density at radius 2 is 1.68 bits per heavy atom. The van der Waals surface area contributed by atoms with Crippen LogP contribution in [0.1, 0.15) is 45.4 Å². The van der Waals surface area contributed by atoms with Gasteiger partial charge in [0.05, 0.1) is 6.54 Å². The van der Waals surface area contributed by atoms with Gasteiger partial charge in [-0.2, -0.15) is 13.2 Å². The standard InChI is InChI=1S/C14H25F3N2/c1-12(10-18-11-14(15,16)17)19-8-6-13(7-9-19)4-2-3-5-13/h12,18H,2-11H2,1H3. The van der Waals surface area contributed by atoms with E-state index < -0.39 is 12.7 Å². The van der Waals surface area contributed by atoms with Crippen LogP contribution in [0.3, 0.4) is 0 Å². The number of rotatable bonds is 4. The van der Waals surface area contributed by atoms with E-state index in [-0.39, 0.29) is 6.04 Å². The van der Waals surface area contributed by atoms with Gasteiger partial charge in [0.1, 0.15) is 0 Å². The van der Waals surface area contributed by atoms with Crippen LogP contribution in [-0.4, -0.2) is 43.3 Å². The molecular weight excluding hydrogens is 253 g/mol. The molecule has 0 aromatic heterocycles. The fraction of sp³-hybridized carbons (Fsp3) is 1.00. The first kappa shape index (κ1) is 15.1. The molecule has 19 heavy (non-hydrogen) atoms. The quantitative estimate of drug-likeness (QED) is 0.849. The number of alkyl halides is 3. The number of hydrogen-bond donors (Lipinski definition) is 1. The van der Waals surface area contributed by atoms with Gasteiger partial charge < -0.3 is 5.32 Å². The van der Waals surface area contributed by atoms with Crippen LogP contribution in [-0.2, 0) is 0 Å². The van der Waals surface area contributed by atoms with Gasteiger partial charge in [-0.25, -0.2) is 0 Å². The SMILES string of the molecule is CC(CNCC(F)(F)F)N1CCC2(CCCC2)CC1. The monoisotopic (exact) mass is 278 g/mol. The first-order valence-corrected chi connectivity index (χ1v) is 7.42. The molecule has 1 spiro atoms. The molecule has 1 heterocycles. The van der Waals surface area contributed by atoms with Crippen LogP contribution in [0.25, 0.3) is 0 Å². The molecule has 0 amide bonds. The van der Waals surface area contributed by atoms with Crippen molar-refractivity contribution in [1.82, 2.24) is 10.2 Å². The lowest BCUT2D eigenvalue weighted by molar-refractivity contribution is -0.125. The highest BCUT2D eigenvalue weighted by molar-refractivity contribution is 4.91. The maximum Gasteiger partial charge on any atom is 0.401 e. The molecule has 1 unspecified atom stereocenters. The second kappa shape index (κ2) is 6.00. The molecule has 5 heteroatoms. The predicted octanol–water partition coefficient (Wildman–Crippen LogP) is 3.18. The number of hydrogen-bond acceptors (Lipinski definition) is 2. The van der Waals surface area contributed by atoms with E-state index in [0.29, 0.717) is 12.0 Å². The van der Waals surface area contributed by atoms with Gasteiger partial charge >= 0.3 is 6.18 Å². The first-order chi connectivity index (χ1) is 8.90. The van der Waals surface area contributed by atoms with Gasteiger partial charge in [-0.3, -0.25) is 4.90 Å². The van der Waals surface area contributed by atoms with Gasteiger partial charge in [-0.15, -0.1) is 0 Å². The van der Waals surface area contributed by atoms with E-state index in [1.807, 2.05) is 6.92 Å². The Morgan fingerprint density at radius 1 is 1.11 bits per heavy atom. The van der Waals surface area contributed by atoms with E-state index in [9.17, 15) is 13.2 Å². The highest BCUT2D eigenvalue weighted by Gasteiger charge is 2.37. The van der Waals surface area contributed by atoms with Crippen LogP contribution in [0.2, 0.25) is 0 Å². The van der Waals surface area contributed by atoms with Gasteiger partial charge in [0, 0.05) is 12.6 Å². The van der Waals surface area contributed by atoms with Gasteiger partial charge in [0.2, 0.25) is 0 Å². The van der Waals surface area contributed by atoms with E-state index in [0.717, 1.165) is 13.1 Å². The smallest absolute Gasteiger partial charge is 0.307 e. The van der Waals surface area contributed by atoms with Crippen molar-refractivity contribution in [2.45, 2.75) is 57.7 Å². The Balaban J connectivity index is 1.69. The summed E-state index contributed by atoms with van der Waals surface area (Å²) in [5, 5.41) is 2.52. The molecule has 1 N–H and O–H groups in total. The lowest BCUT2D eigenvalue weighted by Crippen LogP contribution is -2.48. The van der Waals surface area contributed by atoms with Gasteiger partial charge in [0.15, 0.2) is 0 Å². The van der Waals surface area contributed by atoms with Crippen molar-refractivity contribution in [3.8, 4) is 0 Å². The zero-order valence-electron chi connectivity index (χ0n) is 11.7. The van der Waals surface area contributed by atoms with Crippen LogP contribution in [0.4, 0.5) is 13.2 Å². The third-order valence-corrected chi connectivity index (χ3v) is 4.91. The molecule has 1 saturated heterocycles. The predicted molar refractivity (Wildman–Crippen MR) is 70.1 cm³/mol. The minimum Gasteiger partial charge on any atom is -0.307 e. The summed E-state index contributed by atoms with van der Waals surface area (Å²) < 4.78 is 36.2. The summed E-state index contributed by atoms with van der Waals surface area (Å²) in [6.45, 7) is 3.67. The summed E-state index contributed by atoms with van der Waals surface area (Å²) in [6, 6.07) is 0.195. The number of halogens is 3. The van der Waals surface area contributed by atoms with E-state index in [4.69, 9.17) is 0 Å². The van der Waals surface area contributed by atoms with E-state index in [1.54, 1.807) is 0 Å². The lowest BCUT2D eigenvalue weighted by Gasteiger charge is -2.42. The van der Waals surface area contributed by atoms with Gasteiger partial charge in [0.25, 0.3) is 0 Å². The third kappa shape index (κ3) is 4.35. The molecular formula is C14H25F3N2. The average Bonchev–Trinajstić information content (AvgIpc) is 2.77. The largest absolute Gasteiger partial charge is 0.401 e. The zero-order valence-corrected chi connectivity index (χ0v) is 11.7. The Morgan fingerprint density at radius 3 is 2.21 bits per heavy atom. The Kier molecular flexibility index (Phi) is 4.77. The van der Waals surface area contributed by atoms with Crippen LogP contribution >= 0.6 is 0 Å². The fourth-order valence-corrected chi connectivity index (χ4v) is 3.62. The van der Waals surface area contributed by atoms with Crippen molar-refractivity contribution in [3.63, 3.8) is 0 Å². The van der Waals surface area contributed by atoms with Crippen molar-refractivity contribution in [2.24, 2.45) is 5.41 Å². The van der Waals surface area contributed by atoms with Crippen LogP contribution in [0.5, 0.6) is 0 Å². The van der Waals surface area contributed by atoms with E-state index in [2.05, 4.69) is 10.2 Å². The maximum atomic E-state index is 12.1. The highest BCUT2D eigenvalue weighted by Crippen LogP contribution is 2.46. The Hall–Kier alpha value is -0.290. The van der Waals surface area contributed by atoms with E-state index in [1.165, 1.54) is 38.5 Å². The normalized spacial score (nSPS) is 25.9.